The summed E-state index contributed by atoms with van der Waals surface area (Å²) in [6, 6.07) is 0. The van der Waals surface area contributed by atoms with Crippen LogP contribution in [0.4, 0.5) is 11.9 Å². The number of fused-ring (bicyclic) bond motifs is 2. The Morgan fingerprint density at radius 1 is 1.00 bits per heavy atom. The van der Waals surface area contributed by atoms with Gasteiger partial charge in [0.1, 0.15) is 36.6 Å². The third-order valence-electron chi connectivity index (χ3n) is 7.92. The maximum atomic E-state index is 12.6. The number of nitrogen functional groups attached to an aromatic ring is 2. The number of H-pyrrole nitrogens is 2. The van der Waals surface area contributed by atoms with E-state index in [9.17, 15) is 48.7 Å². The molecule has 6 heterocycles. The third-order valence-corrected chi connectivity index (χ3v) is 13.3. The van der Waals surface area contributed by atoms with Crippen LogP contribution in [0.1, 0.15) is 12.5 Å². The summed E-state index contributed by atoms with van der Waals surface area (Å²) in [6.45, 7) is -7.18. The molecular formula is C22H31N10O17P3S. The first-order valence-electron chi connectivity index (χ1n) is 14.8. The van der Waals surface area contributed by atoms with Crippen LogP contribution in [0.3, 0.4) is 0 Å². The normalized spacial score (nSPS) is 29.7. The number of aliphatic hydroxyl groups excluding tert-OH is 3. The van der Waals surface area contributed by atoms with E-state index in [-0.39, 0.29) is 34.2 Å². The van der Waals surface area contributed by atoms with Crippen molar-refractivity contribution in [1.29, 1.82) is 0 Å². The van der Waals surface area contributed by atoms with E-state index < -0.39 is 95.8 Å². The van der Waals surface area contributed by atoms with Crippen LogP contribution in [0.2, 0.25) is 0 Å². The molecule has 0 saturated carbocycles. The van der Waals surface area contributed by atoms with Crippen LogP contribution in [-0.2, 0) is 59.9 Å². The van der Waals surface area contributed by atoms with Crippen LogP contribution < -0.4 is 32.0 Å². The number of phosphoric acid groups is 2. The zero-order chi connectivity index (χ0) is 38.8. The van der Waals surface area contributed by atoms with Crippen molar-refractivity contribution in [2.24, 2.45) is 7.05 Å². The Labute approximate surface area is 299 Å². The number of ether oxygens (including phenoxy) is 3. The van der Waals surface area contributed by atoms with Gasteiger partial charge in [-0.2, -0.15) is 4.98 Å². The predicted octanol–water partition coefficient (Wildman–Crippen LogP) is -4.41. The Morgan fingerprint density at radius 2 is 1.64 bits per heavy atom. The second kappa shape index (κ2) is 14.5. The largest absolute Gasteiger partial charge is 0.756 e. The lowest BCUT2D eigenvalue weighted by atomic mass is 10.1. The average Bonchev–Trinajstić information content (AvgIpc) is 3.77. The highest BCUT2D eigenvalue weighted by atomic mass is 32.5. The second-order valence-electron chi connectivity index (χ2n) is 11.5. The van der Waals surface area contributed by atoms with Crippen LogP contribution >= 0.6 is 22.4 Å². The Kier molecular flexibility index (Phi) is 10.8. The van der Waals surface area contributed by atoms with Crippen molar-refractivity contribution in [1.82, 2.24) is 34.1 Å². The fourth-order valence-corrected chi connectivity index (χ4v) is 10.6. The van der Waals surface area contributed by atoms with Crippen LogP contribution in [0.5, 0.6) is 0 Å². The molecule has 4 aromatic heterocycles. The van der Waals surface area contributed by atoms with Gasteiger partial charge in [0.2, 0.25) is 17.7 Å². The summed E-state index contributed by atoms with van der Waals surface area (Å²) in [5.41, 5.74) is 9.78. The van der Waals surface area contributed by atoms with E-state index in [1.165, 1.54) is 29.6 Å². The molecule has 0 bridgehead atoms. The zero-order valence-electron chi connectivity index (χ0n) is 26.9. The topological polar surface area (TPSA) is 393 Å². The summed E-state index contributed by atoms with van der Waals surface area (Å²) >= 11 is 4.56. The molecule has 11 N–H and O–H groups in total. The van der Waals surface area contributed by atoms with Crippen LogP contribution in [0.15, 0.2) is 22.2 Å². The third kappa shape index (κ3) is 8.00. The van der Waals surface area contributed by atoms with Crippen molar-refractivity contribution in [3.8, 4) is 0 Å². The van der Waals surface area contributed by atoms with Crippen molar-refractivity contribution in [2.45, 2.75) is 49.1 Å². The molecule has 2 aliphatic rings. The first-order valence-corrected chi connectivity index (χ1v) is 20.3. The first kappa shape index (κ1) is 39.6. The number of methoxy groups -OCH3 is 1. The number of nitrogens with two attached hydrogens (primary N) is 2. The SMILES string of the molecule is CO[C@@H]1[C@H](O)[C@@H](COP(=O)([O-])OP(O)(=S)OP(=O)(O)OC[C@H]2O[C@@H](n3cnc4c(=O)[nH]c(N)nc43)[C@H](O)[C@@H]2O)O[C@H]1[n+]1cn(C)c2c(=O)[nH]c(N)nc21. The van der Waals surface area contributed by atoms with Crippen molar-refractivity contribution < 1.29 is 75.6 Å². The predicted molar refractivity (Wildman–Crippen MR) is 173 cm³/mol. The molecule has 0 aromatic carbocycles. The second-order valence-corrected chi connectivity index (χ2v) is 17.4. The van der Waals surface area contributed by atoms with Gasteiger partial charge in [0.15, 0.2) is 23.7 Å². The summed E-state index contributed by atoms with van der Waals surface area (Å²) < 4.78 is 63.8. The lowest BCUT2D eigenvalue weighted by Crippen LogP contribution is -2.47. The van der Waals surface area contributed by atoms with Gasteiger partial charge in [-0.15, -0.1) is 0 Å². The van der Waals surface area contributed by atoms with Crippen molar-refractivity contribution in [3.05, 3.63) is 33.4 Å². The number of aliphatic hydroxyl groups is 3. The molecule has 27 nitrogen and oxygen atoms in total. The van der Waals surface area contributed by atoms with E-state index >= 15 is 0 Å². The minimum Gasteiger partial charge on any atom is -0.756 e. The number of imidazole rings is 2. The Hall–Kier alpha value is -3.11. The van der Waals surface area contributed by atoms with E-state index in [4.69, 9.17) is 34.7 Å². The molecule has 2 fully saturated rings. The standard InChI is InChI=1S/C22H31N10O17P3S/c1-30-6-32(16-10(30)18(37)29-22(24)27-16)20-14(43-2)12(34)8(47-20)4-45-51(40,41)49-52(42,53)48-50(38,39)44-3-7-11(33)13(35)19(46-7)31-5-25-9-15(31)26-21(23)28-17(9)36/h5-8,11-14,19-20,33-35H,3-4H2,1-2H3,(H8-,23,24,26,27,28,29,36,37,38,39,40,41,42,53)/t7-,8-,11-,12-,13-,14-,19-,20-,52?/m1/s1. The maximum Gasteiger partial charge on any atom is 0.479 e. The lowest BCUT2D eigenvalue weighted by molar-refractivity contribution is -0.746. The van der Waals surface area contributed by atoms with Gasteiger partial charge in [-0.05, 0) is 11.8 Å². The minimum atomic E-state index is -5.70. The molecule has 4 aromatic rings. The molecule has 3 unspecified atom stereocenters. The monoisotopic (exact) mass is 832 g/mol. The van der Waals surface area contributed by atoms with Gasteiger partial charge in [0, 0.05) is 7.11 Å². The highest BCUT2D eigenvalue weighted by molar-refractivity contribution is 8.09. The number of phosphoric ester groups is 2. The van der Waals surface area contributed by atoms with E-state index in [1.807, 2.05) is 0 Å². The van der Waals surface area contributed by atoms with Crippen LogP contribution in [0, 0.1) is 0 Å². The molecule has 6 rings (SSSR count). The Morgan fingerprint density at radius 3 is 2.34 bits per heavy atom. The molecule has 0 spiro atoms. The van der Waals surface area contributed by atoms with Gasteiger partial charge in [0.05, 0.1) is 26.6 Å². The van der Waals surface area contributed by atoms with Gasteiger partial charge in [-0.25, -0.2) is 22.7 Å². The minimum absolute atomic E-state index is 0.0405. The van der Waals surface area contributed by atoms with Gasteiger partial charge in [-0.3, -0.25) is 37.8 Å². The Bertz CT molecular complexity index is 2300. The van der Waals surface area contributed by atoms with Crippen molar-refractivity contribution in [3.63, 3.8) is 0 Å². The number of nitrogens with one attached hydrogen (secondary N) is 2. The number of nitrogens with zero attached hydrogens (tertiary/aromatic N) is 6. The number of aromatic amines is 2. The molecule has 2 aliphatic heterocycles. The molecular weight excluding hydrogens is 801 g/mol. The summed E-state index contributed by atoms with van der Waals surface area (Å²) in [7, 11) is -8.45. The molecule has 0 radical (unpaired) electrons. The van der Waals surface area contributed by atoms with E-state index in [0.29, 0.717) is 0 Å². The lowest BCUT2D eigenvalue weighted by Gasteiger charge is -2.28. The van der Waals surface area contributed by atoms with Gasteiger partial charge in [0.25, 0.3) is 24.9 Å². The average molecular weight is 833 g/mol. The smallest absolute Gasteiger partial charge is 0.479 e. The summed E-state index contributed by atoms with van der Waals surface area (Å²) in [5, 5.41) is 31.9. The molecule has 53 heavy (non-hydrogen) atoms. The van der Waals surface area contributed by atoms with Crippen LogP contribution in [-0.4, -0.2) is 116 Å². The number of hydrogen-bond acceptors (Lipinski definition) is 21. The number of aryl methyl sites for hydroxylation is 1. The fourth-order valence-electron chi connectivity index (χ4n) is 5.67. The summed E-state index contributed by atoms with van der Waals surface area (Å²) in [4.78, 5) is 74.1. The molecule has 31 heteroatoms. The van der Waals surface area contributed by atoms with Gasteiger partial charge >= 0.3 is 20.2 Å². The van der Waals surface area contributed by atoms with Gasteiger partial charge in [-0.1, -0.05) is 4.98 Å². The summed E-state index contributed by atoms with van der Waals surface area (Å²) in [5.74, 6) is -0.512. The molecule has 2 saturated heterocycles. The molecule has 11 atom stereocenters. The van der Waals surface area contributed by atoms with Crippen molar-refractivity contribution >= 4 is 68.4 Å². The zero-order valence-corrected chi connectivity index (χ0v) is 30.4. The van der Waals surface area contributed by atoms with E-state index in [1.54, 1.807) is 0 Å². The first-order chi connectivity index (χ1) is 24.7. The highest BCUT2D eigenvalue weighted by Gasteiger charge is 2.49. The molecule has 0 aliphatic carbocycles. The van der Waals surface area contributed by atoms with E-state index in [0.717, 1.165) is 10.9 Å². The number of anilines is 2. The summed E-state index contributed by atoms with van der Waals surface area (Å²) in [6.07, 6.45) is -9.42. The molecule has 0 amide bonds. The number of hydrogen-bond donors (Lipinski definition) is 9. The molecule has 292 valence electrons. The van der Waals surface area contributed by atoms with E-state index in [2.05, 4.69) is 45.3 Å². The fraction of sp³-hybridized carbons (Fsp3) is 0.545. The Balaban J connectivity index is 1.06. The maximum absolute atomic E-state index is 12.6. The number of rotatable bonds is 13. The van der Waals surface area contributed by atoms with Crippen LogP contribution in [0.25, 0.3) is 22.3 Å². The quantitative estimate of drug-likeness (QED) is 0.0453. The number of aromatic nitrogens is 8. The highest BCUT2D eigenvalue weighted by Crippen LogP contribution is 2.67. The van der Waals surface area contributed by atoms with Crippen molar-refractivity contribution in [2.75, 3.05) is 31.8 Å². The van der Waals surface area contributed by atoms with Gasteiger partial charge < -0.3 is 60.2 Å².